The first-order valence-corrected chi connectivity index (χ1v) is 5.72. The molecular formula is C11H22N2O4. The lowest BCUT2D eigenvalue weighted by Crippen LogP contribution is -2.49. The Labute approximate surface area is 102 Å². The molecule has 0 saturated heterocycles. The number of carboxylic acid groups (broad SMARTS) is 1. The number of nitrogens with zero attached hydrogens (tertiary/aromatic N) is 1. The molecular weight excluding hydrogens is 224 g/mol. The van der Waals surface area contributed by atoms with E-state index in [1.54, 1.807) is 20.9 Å². The third-order valence-corrected chi connectivity index (χ3v) is 2.33. The second-order valence-electron chi connectivity index (χ2n) is 4.13. The third-order valence-electron chi connectivity index (χ3n) is 2.33. The highest BCUT2D eigenvalue weighted by Gasteiger charge is 2.24. The summed E-state index contributed by atoms with van der Waals surface area (Å²) in [5.74, 6) is -1.18. The second-order valence-corrected chi connectivity index (χ2v) is 4.13. The van der Waals surface area contributed by atoms with E-state index >= 15 is 0 Å². The van der Waals surface area contributed by atoms with Crippen molar-refractivity contribution in [2.24, 2.45) is 5.92 Å². The number of carbonyl (C=O) groups is 2. The van der Waals surface area contributed by atoms with E-state index in [-0.39, 0.29) is 5.92 Å². The SMILES string of the molecule is CCOCCN(C)C(=O)N[C@@H](C(=O)O)C(C)C. The summed E-state index contributed by atoms with van der Waals surface area (Å²) in [6.07, 6.45) is 0. The molecule has 0 aliphatic carbocycles. The number of hydrogen-bond acceptors (Lipinski definition) is 3. The van der Waals surface area contributed by atoms with Crippen LogP contribution in [0, 0.1) is 5.92 Å². The van der Waals surface area contributed by atoms with Crippen molar-refractivity contribution >= 4 is 12.0 Å². The number of rotatable bonds is 7. The summed E-state index contributed by atoms with van der Waals surface area (Å²) < 4.78 is 5.12. The largest absolute Gasteiger partial charge is 0.480 e. The highest BCUT2D eigenvalue weighted by Crippen LogP contribution is 2.02. The van der Waals surface area contributed by atoms with Gasteiger partial charge in [0.15, 0.2) is 0 Å². The molecule has 0 spiro atoms. The Balaban J connectivity index is 4.16. The van der Waals surface area contributed by atoms with E-state index in [0.29, 0.717) is 19.8 Å². The zero-order chi connectivity index (χ0) is 13.4. The predicted molar refractivity (Wildman–Crippen MR) is 63.9 cm³/mol. The summed E-state index contributed by atoms with van der Waals surface area (Å²) in [7, 11) is 1.60. The van der Waals surface area contributed by atoms with Gasteiger partial charge in [0, 0.05) is 20.2 Å². The summed E-state index contributed by atoms with van der Waals surface area (Å²) >= 11 is 0. The third kappa shape index (κ3) is 6.11. The zero-order valence-corrected chi connectivity index (χ0v) is 10.9. The van der Waals surface area contributed by atoms with Crippen molar-refractivity contribution in [2.45, 2.75) is 26.8 Å². The molecule has 0 radical (unpaired) electrons. The van der Waals surface area contributed by atoms with Crippen LogP contribution in [0.1, 0.15) is 20.8 Å². The molecule has 0 rings (SSSR count). The van der Waals surface area contributed by atoms with E-state index in [1.165, 1.54) is 4.90 Å². The minimum Gasteiger partial charge on any atom is -0.480 e. The Morgan fingerprint density at radius 1 is 1.41 bits per heavy atom. The van der Waals surface area contributed by atoms with E-state index in [9.17, 15) is 9.59 Å². The molecule has 0 saturated carbocycles. The van der Waals surface area contributed by atoms with E-state index < -0.39 is 18.0 Å². The second kappa shape index (κ2) is 7.89. The molecule has 2 N–H and O–H groups in total. The number of amides is 2. The van der Waals surface area contributed by atoms with Crippen molar-refractivity contribution < 1.29 is 19.4 Å². The maximum Gasteiger partial charge on any atom is 0.326 e. The number of hydrogen-bond donors (Lipinski definition) is 2. The van der Waals surface area contributed by atoms with Crippen molar-refractivity contribution in [3.05, 3.63) is 0 Å². The van der Waals surface area contributed by atoms with Crippen molar-refractivity contribution in [3.63, 3.8) is 0 Å². The van der Waals surface area contributed by atoms with E-state index in [0.717, 1.165) is 0 Å². The zero-order valence-electron chi connectivity index (χ0n) is 10.9. The number of urea groups is 1. The molecule has 0 bridgehead atoms. The molecule has 17 heavy (non-hydrogen) atoms. The average molecular weight is 246 g/mol. The van der Waals surface area contributed by atoms with Gasteiger partial charge in [0.05, 0.1) is 6.61 Å². The molecule has 0 heterocycles. The molecule has 0 aliphatic heterocycles. The van der Waals surface area contributed by atoms with Gasteiger partial charge in [0.25, 0.3) is 0 Å². The van der Waals surface area contributed by atoms with Gasteiger partial charge in [-0.05, 0) is 12.8 Å². The van der Waals surface area contributed by atoms with Crippen LogP contribution < -0.4 is 5.32 Å². The van der Waals surface area contributed by atoms with Crippen LogP contribution in [0.25, 0.3) is 0 Å². The van der Waals surface area contributed by atoms with Crippen LogP contribution in [0.5, 0.6) is 0 Å². The molecule has 0 aromatic carbocycles. The number of nitrogens with one attached hydrogen (secondary N) is 1. The van der Waals surface area contributed by atoms with Crippen LogP contribution in [0.4, 0.5) is 4.79 Å². The minimum atomic E-state index is -1.02. The Bertz CT molecular complexity index is 256. The lowest BCUT2D eigenvalue weighted by atomic mass is 10.1. The number of ether oxygens (including phenoxy) is 1. The van der Waals surface area contributed by atoms with Crippen LogP contribution in [0.2, 0.25) is 0 Å². The minimum absolute atomic E-state index is 0.156. The highest BCUT2D eigenvalue weighted by atomic mass is 16.5. The van der Waals surface area contributed by atoms with Gasteiger partial charge in [-0.2, -0.15) is 0 Å². The van der Waals surface area contributed by atoms with Crippen LogP contribution in [0.3, 0.4) is 0 Å². The van der Waals surface area contributed by atoms with Crippen LogP contribution >= 0.6 is 0 Å². The normalized spacial score (nSPS) is 12.3. The monoisotopic (exact) mass is 246 g/mol. The Morgan fingerprint density at radius 3 is 2.41 bits per heavy atom. The molecule has 6 heteroatoms. The van der Waals surface area contributed by atoms with E-state index in [4.69, 9.17) is 9.84 Å². The van der Waals surface area contributed by atoms with Gasteiger partial charge in [-0.1, -0.05) is 13.8 Å². The van der Waals surface area contributed by atoms with Crippen molar-refractivity contribution in [2.75, 3.05) is 26.8 Å². The van der Waals surface area contributed by atoms with Gasteiger partial charge < -0.3 is 20.1 Å². The molecule has 6 nitrogen and oxygen atoms in total. The summed E-state index contributed by atoms with van der Waals surface area (Å²) in [6.45, 7) is 6.85. The van der Waals surface area contributed by atoms with Gasteiger partial charge in [-0.25, -0.2) is 9.59 Å². The summed E-state index contributed by atoms with van der Waals surface area (Å²) in [4.78, 5) is 24.0. The lowest BCUT2D eigenvalue weighted by Gasteiger charge is -2.23. The molecule has 0 unspecified atom stereocenters. The van der Waals surface area contributed by atoms with Gasteiger partial charge in [0.1, 0.15) is 6.04 Å². The number of likely N-dealkylation sites (N-methyl/N-ethyl adjacent to an activating group) is 1. The fourth-order valence-electron chi connectivity index (χ4n) is 1.20. The molecule has 0 aliphatic rings. The fraction of sp³-hybridized carbons (Fsp3) is 0.818. The van der Waals surface area contributed by atoms with Crippen LogP contribution in [-0.4, -0.2) is 54.9 Å². The molecule has 100 valence electrons. The molecule has 2 amide bonds. The molecule has 0 fully saturated rings. The standard InChI is InChI=1S/C11H22N2O4/c1-5-17-7-6-13(4)11(16)12-9(8(2)3)10(14)15/h8-9H,5-7H2,1-4H3,(H,12,16)(H,14,15)/t9-/m1/s1. The average Bonchev–Trinajstić information content (AvgIpc) is 2.24. The first-order valence-electron chi connectivity index (χ1n) is 5.72. The quantitative estimate of drug-likeness (QED) is 0.650. The maximum atomic E-state index is 11.7. The van der Waals surface area contributed by atoms with Crippen molar-refractivity contribution in [1.82, 2.24) is 10.2 Å². The van der Waals surface area contributed by atoms with E-state index in [2.05, 4.69) is 5.32 Å². The number of carbonyl (C=O) groups excluding carboxylic acids is 1. The Kier molecular flexibility index (Phi) is 7.29. The Morgan fingerprint density at radius 2 is 2.00 bits per heavy atom. The molecule has 1 atom stereocenters. The van der Waals surface area contributed by atoms with Crippen molar-refractivity contribution in [1.29, 1.82) is 0 Å². The topological polar surface area (TPSA) is 78.9 Å². The predicted octanol–water partition coefficient (Wildman–Crippen LogP) is 0.773. The van der Waals surface area contributed by atoms with E-state index in [1.807, 2.05) is 6.92 Å². The number of aliphatic carboxylic acids is 1. The summed E-state index contributed by atoms with van der Waals surface area (Å²) in [5, 5.41) is 11.4. The van der Waals surface area contributed by atoms with Gasteiger partial charge in [-0.3, -0.25) is 0 Å². The van der Waals surface area contributed by atoms with Gasteiger partial charge >= 0.3 is 12.0 Å². The van der Waals surface area contributed by atoms with Crippen LogP contribution in [-0.2, 0) is 9.53 Å². The summed E-state index contributed by atoms with van der Waals surface area (Å²) in [6, 6.07) is -1.26. The van der Waals surface area contributed by atoms with Gasteiger partial charge in [0.2, 0.25) is 0 Å². The highest BCUT2D eigenvalue weighted by molar-refractivity contribution is 5.82. The first kappa shape index (κ1) is 15.7. The fourth-order valence-corrected chi connectivity index (χ4v) is 1.20. The lowest BCUT2D eigenvalue weighted by molar-refractivity contribution is -0.140. The Hall–Kier alpha value is -1.30. The van der Waals surface area contributed by atoms with Crippen molar-refractivity contribution in [3.8, 4) is 0 Å². The number of carboxylic acids is 1. The maximum absolute atomic E-state index is 11.7. The van der Waals surface area contributed by atoms with Crippen LogP contribution in [0.15, 0.2) is 0 Å². The first-order chi connectivity index (χ1) is 7.90. The smallest absolute Gasteiger partial charge is 0.326 e. The molecule has 0 aromatic heterocycles. The summed E-state index contributed by atoms with van der Waals surface area (Å²) in [5.41, 5.74) is 0. The van der Waals surface area contributed by atoms with Gasteiger partial charge in [-0.15, -0.1) is 0 Å². The molecule has 0 aromatic rings.